The molecule has 2 fully saturated rings. The molecule has 2 aliphatic heterocycles. The van der Waals surface area contributed by atoms with Crippen LogP contribution in [0.1, 0.15) is 43.2 Å². The molecule has 4 heterocycles. The van der Waals surface area contributed by atoms with E-state index in [1.165, 1.54) is 6.33 Å². The van der Waals surface area contributed by atoms with Crippen molar-refractivity contribution in [2.24, 2.45) is 0 Å². The molecule has 23 heavy (non-hydrogen) atoms. The summed E-state index contributed by atoms with van der Waals surface area (Å²) in [5.41, 5.74) is 0.431. The molecule has 0 radical (unpaired) electrons. The molecule has 2 unspecified atom stereocenters. The Bertz CT molecular complexity index is 780. The maximum absolute atomic E-state index is 13.1. The molecule has 8 nitrogen and oxygen atoms in total. The molecule has 0 N–H and O–H groups in total. The van der Waals surface area contributed by atoms with E-state index in [1.54, 1.807) is 24.5 Å². The Hall–Kier alpha value is -1.74. The van der Waals surface area contributed by atoms with Crippen LogP contribution in [0.4, 0.5) is 0 Å². The summed E-state index contributed by atoms with van der Waals surface area (Å²) in [5.74, 6) is 0.361. The van der Waals surface area contributed by atoms with Gasteiger partial charge in [0.05, 0.1) is 6.04 Å². The summed E-state index contributed by atoms with van der Waals surface area (Å²) in [5, 5.41) is 8.01. The van der Waals surface area contributed by atoms with Crippen LogP contribution in [0.2, 0.25) is 0 Å². The van der Waals surface area contributed by atoms with Gasteiger partial charge < -0.3 is 4.52 Å². The number of fused-ring (bicyclic) bond motifs is 2. The van der Waals surface area contributed by atoms with Crippen molar-refractivity contribution >= 4 is 10.0 Å². The third-order valence-electron chi connectivity index (χ3n) is 4.96. The third-order valence-corrected chi connectivity index (χ3v) is 7.21. The van der Waals surface area contributed by atoms with Gasteiger partial charge in [-0.05, 0) is 39.5 Å². The van der Waals surface area contributed by atoms with Gasteiger partial charge in [-0.25, -0.2) is 18.1 Å². The topological polar surface area (TPSA) is 94.1 Å². The van der Waals surface area contributed by atoms with Crippen molar-refractivity contribution in [2.75, 3.05) is 0 Å². The first-order valence-corrected chi connectivity index (χ1v) is 9.23. The summed E-state index contributed by atoms with van der Waals surface area (Å²) in [7, 11) is -3.58. The zero-order valence-corrected chi connectivity index (χ0v) is 13.9. The molecule has 0 aromatic carbocycles. The SMILES string of the molecule is Cc1noc(C)c1S(=O)(=O)N1C2CCC1CC(n1cncn1)C2. The Balaban J connectivity index is 1.67. The van der Waals surface area contributed by atoms with Crippen molar-refractivity contribution in [1.82, 2.24) is 24.2 Å². The van der Waals surface area contributed by atoms with Crippen LogP contribution >= 0.6 is 0 Å². The maximum atomic E-state index is 13.1. The van der Waals surface area contributed by atoms with E-state index in [4.69, 9.17) is 4.52 Å². The van der Waals surface area contributed by atoms with E-state index < -0.39 is 10.0 Å². The molecule has 0 spiro atoms. The van der Waals surface area contributed by atoms with Gasteiger partial charge in [0.25, 0.3) is 0 Å². The van der Waals surface area contributed by atoms with Gasteiger partial charge in [-0.1, -0.05) is 5.16 Å². The average Bonchev–Trinajstić information content (AvgIpc) is 3.19. The number of piperidine rings is 1. The fourth-order valence-corrected chi connectivity index (χ4v) is 6.26. The molecule has 124 valence electrons. The van der Waals surface area contributed by atoms with Crippen molar-refractivity contribution < 1.29 is 12.9 Å². The van der Waals surface area contributed by atoms with Crippen LogP contribution in [0.3, 0.4) is 0 Å². The van der Waals surface area contributed by atoms with E-state index in [9.17, 15) is 8.42 Å². The van der Waals surface area contributed by atoms with Crippen molar-refractivity contribution in [3.63, 3.8) is 0 Å². The zero-order chi connectivity index (χ0) is 16.2. The molecular formula is C14H19N5O3S. The number of sulfonamides is 1. The molecule has 2 atom stereocenters. The lowest BCUT2D eigenvalue weighted by Gasteiger charge is -2.37. The van der Waals surface area contributed by atoms with Crippen molar-refractivity contribution in [2.45, 2.75) is 62.6 Å². The zero-order valence-electron chi connectivity index (χ0n) is 13.1. The van der Waals surface area contributed by atoms with Crippen LogP contribution in [0.25, 0.3) is 0 Å². The lowest BCUT2D eigenvalue weighted by molar-refractivity contribution is 0.184. The molecule has 0 amide bonds. The summed E-state index contributed by atoms with van der Waals surface area (Å²) in [6.45, 7) is 3.32. The lowest BCUT2D eigenvalue weighted by Crippen LogP contribution is -2.47. The van der Waals surface area contributed by atoms with Crippen LogP contribution < -0.4 is 0 Å². The first-order chi connectivity index (χ1) is 11.0. The second-order valence-corrected chi connectivity index (χ2v) is 8.15. The van der Waals surface area contributed by atoms with Gasteiger partial charge in [0.1, 0.15) is 23.2 Å². The molecule has 2 bridgehead atoms. The smallest absolute Gasteiger partial charge is 0.248 e. The standard InChI is InChI=1S/C14H19N5O3S/c1-9-14(10(2)22-17-9)23(20,21)19-11-3-4-12(19)6-13(5-11)18-8-15-7-16-18/h7-8,11-13H,3-6H2,1-2H3. The number of rotatable bonds is 3. The van der Waals surface area contributed by atoms with Crippen LogP contribution in [0, 0.1) is 13.8 Å². The summed E-state index contributed by atoms with van der Waals surface area (Å²) in [4.78, 5) is 4.23. The summed E-state index contributed by atoms with van der Waals surface area (Å²) < 4.78 is 34.9. The molecular weight excluding hydrogens is 318 g/mol. The Labute approximate surface area is 134 Å². The second-order valence-electron chi connectivity index (χ2n) is 6.37. The second kappa shape index (κ2) is 5.13. The molecule has 0 aliphatic carbocycles. The van der Waals surface area contributed by atoms with Gasteiger partial charge >= 0.3 is 0 Å². The highest BCUT2D eigenvalue weighted by atomic mass is 32.2. The van der Waals surface area contributed by atoms with E-state index in [-0.39, 0.29) is 23.0 Å². The quantitative estimate of drug-likeness (QED) is 0.841. The lowest BCUT2D eigenvalue weighted by atomic mass is 10.0. The number of hydrogen-bond donors (Lipinski definition) is 0. The molecule has 9 heteroatoms. The van der Waals surface area contributed by atoms with E-state index in [2.05, 4.69) is 15.2 Å². The number of aryl methyl sites for hydroxylation is 2. The largest absolute Gasteiger partial charge is 0.360 e. The Morgan fingerprint density at radius 1 is 1.17 bits per heavy atom. The van der Waals surface area contributed by atoms with Gasteiger partial charge in [-0.2, -0.15) is 9.40 Å². The van der Waals surface area contributed by atoms with Crippen molar-refractivity contribution in [3.8, 4) is 0 Å². The molecule has 4 rings (SSSR count). The average molecular weight is 337 g/mol. The normalized spacial score (nSPS) is 28.3. The predicted molar refractivity (Wildman–Crippen MR) is 80.1 cm³/mol. The van der Waals surface area contributed by atoms with Gasteiger partial charge in [0, 0.05) is 12.1 Å². The highest BCUT2D eigenvalue weighted by Crippen LogP contribution is 2.44. The van der Waals surface area contributed by atoms with Crippen LogP contribution in [0.5, 0.6) is 0 Å². The Morgan fingerprint density at radius 3 is 2.39 bits per heavy atom. The van der Waals surface area contributed by atoms with Crippen molar-refractivity contribution in [3.05, 3.63) is 24.1 Å². The fraction of sp³-hybridized carbons (Fsp3) is 0.643. The minimum absolute atomic E-state index is 0.00153. The Kier molecular flexibility index (Phi) is 3.31. The predicted octanol–water partition coefficient (Wildman–Crippen LogP) is 1.44. The minimum atomic E-state index is -3.58. The number of nitrogens with zero attached hydrogens (tertiary/aromatic N) is 5. The summed E-state index contributed by atoms with van der Waals surface area (Å²) >= 11 is 0. The van der Waals surface area contributed by atoms with Crippen LogP contribution in [-0.4, -0.2) is 44.7 Å². The highest BCUT2D eigenvalue weighted by Gasteiger charge is 2.49. The molecule has 2 aliphatic rings. The van der Waals surface area contributed by atoms with E-state index in [0.29, 0.717) is 11.5 Å². The first-order valence-electron chi connectivity index (χ1n) is 7.79. The molecule has 2 aromatic rings. The molecule has 2 saturated heterocycles. The first kappa shape index (κ1) is 14.8. The Morgan fingerprint density at radius 2 is 1.87 bits per heavy atom. The number of aromatic nitrogens is 4. The van der Waals surface area contributed by atoms with Gasteiger partial charge in [0.15, 0.2) is 5.76 Å². The molecule has 2 aromatic heterocycles. The number of hydrogen-bond acceptors (Lipinski definition) is 6. The molecule has 0 saturated carbocycles. The van der Waals surface area contributed by atoms with E-state index >= 15 is 0 Å². The van der Waals surface area contributed by atoms with E-state index in [1.807, 2.05) is 4.68 Å². The fourth-order valence-electron chi connectivity index (χ4n) is 4.07. The summed E-state index contributed by atoms with van der Waals surface area (Å²) in [6.07, 6.45) is 6.54. The summed E-state index contributed by atoms with van der Waals surface area (Å²) in [6, 6.07) is 0.217. The van der Waals surface area contributed by atoms with Crippen molar-refractivity contribution in [1.29, 1.82) is 0 Å². The maximum Gasteiger partial charge on any atom is 0.248 e. The van der Waals surface area contributed by atoms with E-state index in [0.717, 1.165) is 25.7 Å². The van der Waals surface area contributed by atoms with Gasteiger partial charge in [-0.15, -0.1) is 0 Å². The van der Waals surface area contributed by atoms with Crippen LogP contribution in [-0.2, 0) is 10.0 Å². The van der Waals surface area contributed by atoms with Gasteiger partial charge in [-0.3, -0.25) is 0 Å². The monoisotopic (exact) mass is 337 g/mol. The van der Waals surface area contributed by atoms with Gasteiger partial charge in [0.2, 0.25) is 10.0 Å². The third kappa shape index (κ3) is 2.21. The highest BCUT2D eigenvalue weighted by molar-refractivity contribution is 7.89. The minimum Gasteiger partial charge on any atom is -0.360 e. The van der Waals surface area contributed by atoms with Crippen LogP contribution in [0.15, 0.2) is 22.1 Å².